The molecular formula is C23H33N3. The van der Waals surface area contributed by atoms with Gasteiger partial charge in [-0.25, -0.2) is 4.98 Å². The molecule has 2 fully saturated rings. The van der Waals surface area contributed by atoms with Crippen LogP contribution in [0.15, 0.2) is 29.8 Å². The molecule has 0 bridgehead atoms. The van der Waals surface area contributed by atoms with Gasteiger partial charge in [0.05, 0.1) is 6.33 Å². The van der Waals surface area contributed by atoms with Crippen molar-refractivity contribution in [2.45, 2.75) is 65.7 Å². The molecule has 0 saturated heterocycles. The zero-order valence-electron chi connectivity index (χ0n) is 16.6. The molecule has 0 aromatic carbocycles. The van der Waals surface area contributed by atoms with Gasteiger partial charge in [0.25, 0.3) is 0 Å². The lowest BCUT2D eigenvalue weighted by Gasteiger charge is -2.58. The quantitative estimate of drug-likeness (QED) is 0.662. The van der Waals surface area contributed by atoms with Crippen LogP contribution in [-0.4, -0.2) is 21.8 Å². The molecule has 140 valence electrons. The van der Waals surface area contributed by atoms with Crippen LogP contribution in [0, 0.1) is 34.5 Å². The maximum Gasteiger partial charge on any atom is 0.0989 e. The number of fused-ring (bicyclic) bond motifs is 5. The van der Waals surface area contributed by atoms with Gasteiger partial charge in [-0.3, -0.25) is 4.99 Å². The summed E-state index contributed by atoms with van der Waals surface area (Å²) < 4.78 is 2.29. The van der Waals surface area contributed by atoms with Crippen molar-refractivity contribution in [1.29, 1.82) is 0 Å². The highest BCUT2D eigenvalue weighted by Crippen LogP contribution is 2.65. The van der Waals surface area contributed by atoms with Crippen molar-refractivity contribution in [3.63, 3.8) is 0 Å². The Morgan fingerprint density at radius 2 is 2.00 bits per heavy atom. The normalized spacial score (nSPS) is 45.0. The highest BCUT2D eigenvalue weighted by Gasteiger charge is 2.58. The fourth-order valence-electron chi connectivity index (χ4n) is 7.67. The van der Waals surface area contributed by atoms with Gasteiger partial charge in [0, 0.05) is 41.7 Å². The van der Waals surface area contributed by atoms with Gasteiger partial charge in [0.2, 0.25) is 0 Å². The molecular weight excluding hydrogens is 318 g/mol. The van der Waals surface area contributed by atoms with Crippen molar-refractivity contribution in [2.75, 3.05) is 6.54 Å². The van der Waals surface area contributed by atoms with Crippen LogP contribution >= 0.6 is 0 Å². The summed E-state index contributed by atoms with van der Waals surface area (Å²) in [6.07, 6.45) is 18.0. The van der Waals surface area contributed by atoms with Crippen molar-refractivity contribution in [3.8, 4) is 0 Å². The lowest BCUT2D eigenvalue weighted by Crippen LogP contribution is -2.52. The summed E-state index contributed by atoms with van der Waals surface area (Å²) >= 11 is 0. The number of hydrogen-bond acceptors (Lipinski definition) is 2. The molecule has 3 heteroatoms. The number of aliphatic imine (C=N–C) groups is 1. The van der Waals surface area contributed by atoms with Crippen LogP contribution in [0.5, 0.6) is 0 Å². The zero-order valence-corrected chi connectivity index (χ0v) is 16.6. The molecule has 26 heavy (non-hydrogen) atoms. The Hall–Kier alpha value is -1.38. The van der Waals surface area contributed by atoms with E-state index < -0.39 is 0 Å². The number of rotatable bonds is 1. The van der Waals surface area contributed by atoms with Crippen molar-refractivity contribution in [1.82, 2.24) is 9.55 Å². The molecule has 2 heterocycles. The first-order valence-corrected chi connectivity index (χ1v) is 10.7. The van der Waals surface area contributed by atoms with Gasteiger partial charge < -0.3 is 4.57 Å². The highest BCUT2D eigenvalue weighted by molar-refractivity contribution is 5.85. The van der Waals surface area contributed by atoms with Gasteiger partial charge >= 0.3 is 0 Å². The Bertz CT molecular complexity index is 746. The Morgan fingerprint density at radius 3 is 2.81 bits per heavy atom. The van der Waals surface area contributed by atoms with E-state index in [-0.39, 0.29) is 0 Å². The molecule has 0 N–H and O–H groups in total. The summed E-state index contributed by atoms with van der Waals surface area (Å²) in [5, 5.41) is 0. The summed E-state index contributed by atoms with van der Waals surface area (Å²) in [6, 6.07) is 0. The van der Waals surface area contributed by atoms with Crippen molar-refractivity contribution in [3.05, 3.63) is 24.8 Å². The van der Waals surface area contributed by atoms with Crippen LogP contribution in [-0.2, 0) is 0 Å². The first-order chi connectivity index (χ1) is 12.5. The second-order valence-corrected chi connectivity index (χ2v) is 9.89. The highest BCUT2D eigenvalue weighted by atomic mass is 15.1. The summed E-state index contributed by atoms with van der Waals surface area (Å²) in [4.78, 5) is 9.22. The van der Waals surface area contributed by atoms with Gasteiger partial charge in [-0.1, -0.05) is 19.9 Å². The fraction of sp³-hybridized carbons (Fsp3) is 0.739. The molecule has 0 spiro atoms. The summed E-state index contributed by atoms with van der Waals surface area (Å²) in [6.45, 7) is 8.54. The number of aromatic nitrogens is 2. The molecule has 3 aliphatic carbocycles. The Labute approximate surface area is 158 Å². The topological polar surface area (TPSA) is 30.2 Å². The molecule has 4 aliphatic rings. The van der Waals surface area contributed by atoms with Gasteiger partial charge in [-0.15, -0.1) is 0 Å². The monoisotopic (exact) mass is 351 g/mol. The third-order valence-corrected chi connectivity index (χ3v) is 8.93. The van der Waals surface area contributed by atoms with E-state index in [1.54, 1.807) is 0 Å². The maximum atomic E-state index is 4.91. The van der Waals surface area contributed by atoms with Crippen LogP contribution in [0.4, 0.5) is 0 Å². The second kappa shape index (κ2) is 5.81. The molecule has 1 aromatic rings. The Balaban J connectivity index is 1.47. The predicted octanol–water partition coefficient (Wildman–Crippen LogP) is 5.45. The average Bonchev–Trinajstić information content (AvgIpc) is 3.22. The van der Waals surface area contributed by atoms with Crippen LogP contribution in [0.2, 0.25) is 0 Å². The van der Waals surface area contributed by atoms with E-state index in [0.29, 0.717) is 10.8 Å². The minimum absolute atomic E-state index is 0.332. The van der Waals surface area contributed by atoms with E-state index >= 15 is 0 Å². The predicted molar refractivity (Wildman–Crippen MR) is 107 cm³/mol. The number of nitrogens with zero attached hydrogens (tertiary/aromatic N) is 3. The molecule has 6 atom stereocenters. The fourth-order valence-corrected chi connectivity index (χ4v) is 7.67. The average molecular weight is 352 g/mol. The maximum absolute atomic E-state index is 4.91. The van der Waals surface area contributed by atoms with E-state index in [0.717, 1.165) is 30.2 Å². The molecule has 1 aromatic heterocycles. The molecule has 0 amide bonds. The molecule has 3 nitrogen and oxygen atoms in total. The lowest BCUT2D eigenvalue weighted by atomic mass is 9.46. The SMILES string of the molecule is CC1=NCCC[C@@]2(C)[C@H]1CC[C@@H]1[C@@H]2CC[C@]2(C)C(n3ccnc3)=CC[C@@H]12. The van der Waals surface area contributed by atoms with Crippen LogP contribution in [0.25, 0.3) is 5.70 Å². The number of hydrogen-bond donors (Lipinski definition) is 0. The van der Waals surface area contributed by atoms with Gasteiger partial charge in [0.15, 0.2) is 0 Å². The van der Waals surface area contributed by atoms with Gasteiger partial charge in [0.1, 0.15) is 0 Å². The summed E-state index contributed by atoms with van der Waals surface area (Å²) in [7, 11) is 0. The molecule has 5 rings (SSSR count). The summed E-state index contributed by atoms with van der Waals surface area (Å²) in [5.41, 5.74) is 3.79. The molecule has 2 saturated carbocycles. The van der Waals surface area contributed by atoms with Gasteiger partial charge in [-0.2, -0.15) is 0 Å². The third kappa shape index (κ3) is 2.18. The van der Waals surface area contributed by atoms with Crippen LogP contribution in [0.1, 0.15) is 65.7 Å². The second-order valence-electron chi connectivity index (χ2n) is 9.89. The van der Waals surface area contributed by atoms with Crippen molar-refractivity contribution < 1.29 is 0 Å². The minimum Gasteiger partial charge on any atom is -0.310 e. The van der Waals surface area contributed by atoms with Crippen LogP contribution < -0.4 is 0 Å². The van der Waals surface area contributed by atoms with E-state index in [1.807, 2.05) is 12.5 Å². The van der Waals surface area contributed by atoms with Crippen molar-refractivity contribution >= 4 is 11.4 Å². The molecule has 0 unspecified atom stereocenters. The largest absolute Gasteiger partial charge is 0.310 e. The number of imidazole rings is 1. The smallest absolute Gasteiger partial charge is 0.0989 e. The first-order valence-electron chi connectivity index (χ1n) is 10.7. The molecule has 0 radical (unpaired) electrons. The first kappa shape index (κ1) is 16.8. The van der Waals surface area contributed by atoms with Gasteiger partial charge in [-0.05, 0) is 75.0 Å². The standard InChI is InChI=1S/C23H33N3/c1-16-18-6-5-17-19-7-8-21(26-14-13-24-15-26)23(19,3)11-9-20(17)22(18,2)10-4-12-25-16/h8,13-15,17-20H,4-7,9-12H2,1-3H3/t17-,18-,19-,20-,22-,23-/m0/s1. The molecule has 1 aliphatic heterocycles. The Morgan fingerprint density at radius 1 is 1.12 bits per heavy atom. The Kier molecular flexibility index (Phi) is 3.75. The van der Waals surface area contributed by atoms with E-state index in [2.05, 4.69) is 42.6 Å². The minimum atomic E-state index is 0.332. The lowest BCUT2D eigenvalue weighted by molar-refractivity contribution is -0.0646. The van der Waals surface area contributed by atoms with Crippen molar-refractivity contribution in [2.24, 2.45) is 39.5 Å². The zero-order chi connectivity index (χ0) is 17.9. The van der Waals surface area contributed by atoms with E-state index in [9.17, 15) is 0 Å². The van der Waals surface area contributed by atoms with Crippen LogP contribution in [0.3, 0.4) is 0 Å². The summed E-state index contributed by atoms with van der Waals surface area (Å²) in [5.74, 6) is 3.33. The van der Waals surface area contributed by atoms with E-state index in [4.69, 9.17) is 4.99 Å². The van der Waals surface area contributed by atoms with E-state index in [1.165, 1.54) is 56.4 Å². The third-order valence-electron chi connectivity index (χ3n) is 8.93. The number of allylic oxidation sites excluding steroid dienone is 2.